The number of carbonyl (C=O) groups excluding carboxylic acids is 2. The number of carbonyl (C=O) groups is 2. The van der Waals surface area contributed by atoms with Gasteiger partial charge in [-0.05, 0) is 48.1 Å². The number of hydrogen-bond donors (Lipinski definition) is 2. The van der Waals surface area contributed by atoms with Crippen molar-refractivity contribution in [2.75, 3.05) is 0 Å². The molecule has 0 spiro atoms. The van der Waals surface area contributed by atoms with Crippen molar-refractivity contribution in [1.82, 2.24) is 0 Å². The van der Waals surface area contributed by atoms with Gasteiger partial charge in [-0.1, -0.05) is 18.2 Å². The Balaban J connectivity index is 2.01. The van der Waals surface area contributed by atoms with E-state index in [0.29, 0.717) is 5.56 Å². The molecule has 0 saturated heterocycles. The molecule has 7 nitrogen and oxygen atoms in total. The van der Waals surface area contributed by atoms with Crippen molar-refractivity contribution in [3.05, 3.63) is 75.9 Å². The quantitative estimate of drug-likeness (QED) is 0.341. The number of benzene rings is 2. The van der Waals surface area contributed by atoms with Crippen LogP contribution in [0.3, 0.4) is 0 Å². The molecule has 0 fully saturated rings. The van der Waals surface area contributed by atoms with E-state index < -0.39 is 22.9 Å². The van der Waals surface area contributed by atoms with Crippen LogP contribution in [0.5, 0.6) is 11.5 Å². The fourth-order valence-electron chi connectivity index (χ4n) is 2.09. The Morgan fingerprint density at radius 3 is 2.12 bits per heavy atom. The second kappa shape index (κ2) is 8.39. The third kappa shape index (κ3) is 5.41. The van der Waals surface area contributed by atoms with E-state index in [4.69, 9.17) is 0 Å². The molecule has 2 aromatic rings. The molecular weight excluding hydrogens is 338 g/mol. The average molecular weight is 353 g/mol. The average Bonchev–Trinajstić information content (AvgIpc) is 2.59. The number of aromatic hydroxyl groups is 2. The van der Waals surface area contributed by atoms with Gasteiger partial charge in [-0.2, -0.15) is 0 Å². The van der Waals surface area contributed by atoms with Gasteiger partial charge in [0.2, 0.25) is 0 Å². The normalized spacial score (nSPS) is 11.1. The Labute approximate surface area is 148 Å². The molecule has 2 N–H and O–H groups in total. The number of phenols is 2. The maximum atomic E-state index is 11.8. The number of allylic oxidation sites excluding steroid dienone is 2. The van der Waals surface area contributed by atoms with E-state index in [0.717, 1.165) is 18.2 Å². The molecule has 0 aromatic heterocycles. The summed E-state index contributed by atoms with van der Waals surface area (Å²) in [4.78, 5) is 33.9. The van der Waals surface area contributed by atoms with Gasteiger partial charge >= 0.3 is 0 Å². The molecule has 2 aromatic carbocycles. The highest BCUT2D eigenvalue weighted by Crippen LogP contribution is 2.24. The lowest BCUT2D eigenvalue weighted by molar-refractivity contribution is -0.385. The highest BCUT2D eigenvalue weighted by Gasteiger charge is 2.12. The summed E-state index contributed by atoms with van der Waals surface area (Å²) in [5.41, 5.74) is 0.496. The van der Waals surface area contributed by atoms with Crippen molar-refractivity contribution in [1.29, 1.82) is 0 Å². The van der Waals surface area contributed by atoms with E-state index >= 15 is 0 Å². The van der Waals surface area contributed by atoms with Crippen LogP contribution in [0.2, 0.25) is 0 Å². The SMILES string of the molecule is O=C(C=Cc1ccc(O)cc1)CC(=O)C=Cc1cc(O)ccc1[N+](=O)[O-]. The van der Waals surface area contributed by atoms with Gasteiger partial charge in [0.25, 0.3) is 5.69 Å². The molecule has 0 aliphatic carbocycles. The van der Waals surface area contributed by atoms with Gasteiger partial charge in [0.05, 0.1) is 16.9 Å². The minimum Gasteiger partial charge on any atom is -0.508 e. The van der Waals surface area contributed by atoms with Crippen molar-refractivity contribution >= 4 is 29.4 Å². The van der Waals surface area contributed by atoms with Gasteiger partial charge in [0, 0.05) is 6.07 Å². The van der Waals surface area contributed by atoms with Gasteiger partial charge in [0.15, 0.2) is 11.6 Å². The summed E-state index contributed by atoms with van der Waals surface area (Å²) < 4.78 is 0. The molecular formula is C19H15NO6. The molecule has 0 atom stereocenters. The highest BCUT2D eigenvalue weighted by atomic mass is 16.6. The van der Waals surface area contributed by atoms with Crippen molar-refractivity contribution in [3.63, 3.8) is 0 Å². The standard InChI is InChI=1S/C19H15NO6/c21-15-5-1-13(2-6-15)3-7-17(23)12-18(24)8-4-14-11-16(22)9-10-19(14)20(25)26/h1-11,21-22H,12H2. The second-order valence-corrected chi connectivity index (χ2v) is 5.37. The third-order valence-corrected chi connectivity index (χ3v) is 3.36. The number of hydrogen-bond acceptors (Lipinski definition) is 6. The molecule has 26 heavy (non-hydrogen) atoms. The molecule has 7 heteroatoms. The van der Waals surface area contributed by atoms with Crippen LogP contribution in [0, 0.1) is 10.1 Å². The monoisotopic (exact) mass is 353 g/mol. The Hall–Kier alpha value is -3.74. The van der Waals surface area contributed by atoms with Crippen molar-refractivity contribution < 1.29 is 24.7 Å². The van der Waals surface area contributed by atoms with E-state index in [1.165, 1.54) is 36.4 Å². The van der Waals surface area contributed by atoms with Crippen LogP contribution in [0.25, 0.3) is 12.2 Å². The summed E-state index contributed by atoms with van der Waals surface area (Å²) in [6.45, 7) is 0. The van der Waals surface area contributed by atoms with Gasteiger partial charge in [-0.3, -0.25) is 19.7 Å². The molecule has 0 unspecified atom stereocenters. The zero-order chi connectivity index (χ0) is 19.1. The molecule has 0 bridgehead atoms. The molecule has 0 saturated carbocycles. The van der Waals surface area contributed by atoms with Gasteiger partial charge < -0.3 is 10.2 Å². The van der Waals surface area contributed by atoms with E-state index in [2.05, 4.69) is 0 Å². The number of nitro groups is 1. The van der Waals surface area contributed by atoms with Gasteiger partial charge in [0.1, 0.15) is 11.5 Å². The van der Waals surface area contributed by atoms with Gasteiger partial charge in [-0.15, -0.1) is 0 Å². The van der Waals surface area contributed by atoms with Crippen LogP contribution >= 0.6 is 0 Å². The lowest BCUT2D eigenvalue weighted by Gasteiger charge is -1.98. The Bertz CT molecular complexity index is 897. The first-order valence-electron chi connectivity index (χ1n) is 7.53. The molecule has 0 amide bonds. The zero-order valence-electron chi connectivity index (χ0n) is 13.5. The van der Waals surface area contributed by atoms with Crippen LogP contribution in [0.4, 0.5) is 5.69 Å². The minimum atomic E-state index is -0.630. The summed E-state index contributed by atoms with van der Waals surface area (Å²) in [6, 6.07) is 9.64. The third-order valence-electron chi connectivity index (χ3n) is 3.36. The summed E-state index contributed by atoms with van der Waals surface area (Å²) in [6.07, 6.45) is 4.62. The molecule has 0 aliphatic rings. The van der Waals surface area contributed by atoms with Crippen molar-refractivity contribution in [2.24, 2.45) is 0 Å². The molecule has 0 aliphatic heterocycles. The first-order chi connectivity index (χ1) is 12.3. The van der Waals surface area contributed by atoms with Gasteiger partial charge in [-0.25, -0.2) is 0 Å². The molecule has 132 valence electrons. The predicted octanol–water partition coefficient (Wildman–Crippen LogP) is 3.26. The van der Waals surface area contributed by atoms with Crippen LogP contribution < -0.4 is 0 Å². The van der Waals surface area contributed by atoms with Crippen LogP contribution in [0.1, 0.15) is 17.5 Å². The summed E-state index contributed by atoms with van der Waals surface area (Å²) in [7, 11) is 0. The van der Waals surface area contributed by atoms with Crippen LogP contribution in [-0.4, -0.2) is 26.7 Å². The minimum absolute atomic E-state index is 0.0652. The zero-order valence-corrected chi connectivity index (χ0v) is 13.5. The highest BCUT2D eigenvalue weighted by molar-refractivity contribution is 6.11. The van der Waals surface area contributed by atoms with E-state index in [1.807, 2.05) is 0 Å². The lowest BCUT2D eigenvalue weighted by atomic mass is 10.1. The van der Waals surface area contributed by atoms with Crippen molar-refractivity contribution in [3.8, 4) is 11.5 Å². The number of phenolic OH excluding ortho intramolecular Hbond substituents is 2. The Morgan fingerprint density at radius 2 is 1.50 bits per heavy atom. The summed E-state index contributed by atoms with van der Waals surface area (Å²) >= 11 is 0. The topological polar surface area (TPSA) is 118 Å². The van der Waals surface area contributed by atoms with E-state index in [-0.39, 0.29) is 22.7 Å². The number of nitro benzene ring substituents is 1. The number of ketones is 2. The maximum absolute atomic E-state index is 11.8. The first kappa shape index (κ1) is 18.6. The summed E-state index contributed by atoms with van der Waals surface area (Å²) in [5.74, 6) is -1.02. The first-order valence-corrected chi connectivity index (χ1v) is 7.53. The van der Waals surface area contributed by atoms with E-state index in [1.54, 1.807) is 12.1 Å². The van der Waals surface area contributed by atoms with Crippen molar-refractivity contribution in [2.45, 2.75) is 6.42 Å². The number of nitrogens with zero attached hydrogens (tertiary/aromatic N) is 1. The van der Waals surface area contributed by atoms with Crippen LogP contribution in [0.15, 0.2) is 54.6 Å². The fraction of sp³-hybridized carbons (Fsp3) is 0.0526. The lowest BCUT2D eigenvalue weighted by Crippen LogP contribution is -2.02. The predicted molar refractivity (Wildman–Crippen MR) is 95.6 cm³/mol. The van der Waals surface area contributed by atoms with E-state index in [9.17, 15) is 29.9 Å². The summed E-state index contributed by atoms with van der Waals surface area (Å²) in [5, 5.41) is 29.5. The molecule has 0 heterocycles. The largest absolute Gasteiger partial charge is 0.508 e. The molecule has 0 radical (unpaired) electrons. The maximum Gasteiger partial charge on any atom is 0.276 e. The van der Waals surface area contributed by atoms with Crippen LogP contribution in [-0.2, 0) is 9.59 Å². The Morgan fingerprint density at radius 1 is 0.923 bits per heavy atom. The number of rotatable bonds is 7. The Kier molecular flexibility index (Phi) is 6.00. The molecule has 2 rings (SSSR count). The fourth-order valence-corrected chi connectivity index (χ4v) is 2.09. The second-order valence-electron chi connectivity index (χ2n) is 5.37. The smallest absolute Gasteiger partial charge is 0.276 e.